The van der Waals surface area contributed by atoms with Gasteiger partial charge in [-0.15, -0.1) is 0 Å². The van der Waals surface area contributed by atoms with E-state index in [0.717, 1.165) is 4.47 Å². The van der Waals surface area contributed by atoms with Crippen LogP contribution in [0.2, 0.25) is 0 Å². The van der Waals surface area contributed by atoms with Gasteiger partial charge < -0.3 is 0 Å². The lowest BCUT2D eigenvalue weighted by atomic mass is 10.3. The lowest BCUT2D eigenvalue weighted by Gasteiger charge is -1.96. The Kier molecular flexibility index (Phi) is 2.80. The van der Waals surface area contributed by atoms with Crippen LogP contribution < -0.4 is 0 Å². The molecule has 10 heavy (non-hydrogen) atoms. The van der Waals surface area contributed by atoms with Gasteiger partial charge in [0.1, 0.15) is 0 Å². The molecule has 1 aromatic rings. The Morgan fingerprint density at radius 3 is 2.80 bits per heavy atom. The Labute approximate surface area is 74.9 Å². The number of halogens is 3. The minimum Gasteiger partial charge on any atom is -0.227 e. The zero-order chi connectivity index (χ0) is 7.56. The van der Waals surface area contributed by atoms with Gasteiger partial charge in [-0.25, -0.2) is 4.98 Å². The second-order valence-corrected chi connectivity index (χ2v) is 3.21. The molecule has 0 aromatic carbocycles. The predicted molar refractivity (Wildman–Crippen MR) is 44.5 cm³/mol. The number of nitrogens with zero attached hydrogens (tertiary/aromatic N) is 1. The molecule has 0 spiro atoms. The van der Waals surface area contributed by atoms with E-state index >= 15 is 0 Å². The van der Waals surface area contributed by atoms with Crippen LogP contribution in [0.25, 0.3) is 0 Å². The average molecular weight is 269 g/mol. The quantitative estimate of drug-likeness (QED) is 0.564. The number of aromatic nitrogens is 1. The molecule has 1 rings (SSSR count). The molecule has 0 saturated heterocycles. The molecule has 54 valence electrons. The molecule has 0 radical (unpaired) electrons. The van der Waals surface area contributed by atoms with Crippen LogP contribution in [0.4, 0.5) is 4.39 Å². The summed E-state index contributed by atoms with van der Waals surface area (Å²) in [5, 5.41) is 0.491. The molecule has 0 atom stereocenters. The van der Waals surface area contributed by atoms with Crippen molar-refractivity contribution in [3.05, 3.63) is 28.2 Å². The maximum atomic E-state index is 12.6. The van der Waals surface area contributed by atoms with Gasteiger partial charge in [-0.3, -0.25) is 0 Å². The van der Waals surface area contributed by atoms with E-state index in [1.807, 2.05) is 0 Å². The summed E-state index contributed by atoms with van der Waals surface area (Å²) in [6, 6.07) is 1.69. The summed E-state index contributed by atoms with van der Waals surface area (Å²) >= 11 is 6.33. The molecule has 0 unspecified atom stereocenters. The molecule has 4 heteroatoms. The van der Waals surface area contributed by atoms with Gasteiger partial charge in [-0.1, -0.05) is 15.9 Å². The van der Waals surface area contributed by atoms with Crippen LogP contribution in [0, 0.1) is 5.95 Å². The minimum absolute atomic E-state index is 0.417. The predicted octanol–water partition coefficient (Wildman–Crippen LogP) is 2.88. The standard InChI is InChI=1S/C6H4Br2FN/c7-2-4-1-5(8)3-10-6(4)9/h1,3H,2H2. The highest BCUT2D eigenvalue weighted by Gasteiger charge is 2.00. The summed E-state index contributed by atoms with van der Waals surface area (Å²) < 4.78 is 13.4. The third-order valence-corrected chi connectivity index (χ3v) is 2.06. The Balaban J connectivity index is 3.09. The lowest BCUT2D eigenvalue weighted by molar-refractivity contribution is 0.573. The lowest BCUT2D eigenvalue weighted by Crippen LogP contribution is -1.89. The molecule has 0 fully saturated rings. The summed E-state index contributed by atoms with van der Waals surface area (Å²) in [6.45, 7) is 0. The fourth-order valence-corrected chi connectivity index (χ4v) is 1.33. The van der Waals surface area contributed by atoms with Crippen LogP contribution in [-0.4, -0.2) is 4.98 Å². The van der Waals surface area contributed by atoms with Crippen molar-refractivity contribution in [2.45, 2.75) is 5.33 Å². The highest BCUT2D eigenvalue weighted by atomic mass is 79.9. The summed E-state index contributed by atoms with van der Waals surface area (Å²) in [5.41, 5.74) is 0.564. The monoisotopic (exact) mass is 267 g/mol. The first kappa shape index (κ1) is 8.14. The molecule has 0 aliphatic carbocycles. The Morgan fingerprint density at radius 2 is 2.30 bits per heavy atom. The molecule has 0 bridgehead atoms. The second-order valence-electron chi connectivity index (χ2n) is 1.74. The molecule has 1 nitrogen and oxygen atoms in total. The van der Waals surface area contributed by atoms with Crippen LogP contribution in [0.1, 0.15) is 5.56 Å². The van der Waals surface area contributed by atoms with Crippen LogP contribution in [-0.2, 0) is 5.33 Å². The van der Waals surface area contributed by atoms with E-state index in [1.165, 1.54) is 6.20 Å². The topological polar surface area (TPSA) is 12.9 Å². The number of hydrogen-bond acceptors (Lipinski definition) is 1. The third-order valence-electron chi connectivity index (χ3n) is 1.02. The van der Waals surface area contributed by atoms with E-state index in [4.69, 9.17) is 0 Å². The highest BCUT2D eigenvalue weighted by molar-refractivity contribution is 9.10. The largest absolute Gasteiger partial charge is 0.227 e. The van der Waals surface area contributed by atoms with Crippen molar-refractivity contribution in [1.29, 1.82) is 0 Å². The van der Waals surface area contributed by atoms with Gasteiger partial charge in [0.15, 0.2) is 0 Å². The van der Waals surface area contributed by atoms with Crippen LogP contribution in [0.5, 0.6) is 0 Å². The zero-order valence-corrected chi connectivity index (χ0v) is 8.11. The van der Waals surface area contributed by atoms with E-state index in [-0.39, 0.29) is 0 Å². The van der Waals surface area contributed by atoms with Crippen molar-refractivity contribution in [3.8, 4) is 0 Å². The molecule has 0 aliphatic rings. The summed E-state index contributed by atoms with van der Waals surface area (Å²) in [5.74, 6) is -0.417. The van der Waals surface area contributed by atoms with Crippen molar-refractivity contribution in [2.24, 2.45) is 0 Å². The van der Waals surface area contributed by atoms with Gasteiger partial charge in [0.25, 0.3) is 0 Å². The summed E-state index contributed by atoms with van der Waals surface area (Å²) in [6.07, 6.45) is 1.43. The van der Waals surface area contributed by atoms with Crippen LogP contribution in [0.3, 0.4) is 0 Å². The van der Waals surface area contributed by atoms with Crippen molar-refractivity contribution in [2.75, 3.05) is 0 Å². The van der Waals surface area contributed by atoms with Crippen molar-refractivity contribution in [3.63, 3.8) is 0 Å². The van der Waals surface area contributed by atoms with Gasteiger partial charge >= 0.3 is 0 Å². The highest BCUT2D eigenvalue weighted by Crippen LogP contribution is 2.14. The molecule has 0 aliphatic heterocycles. The number of rotatable bonds is 1. The Hall–Kier alpha value is 0.0400. The molecule has 1 heterocycles. The van der Waals surface area contributed by atoms with E-state index in [0.29, 0.717) is 10.9 Å². The van der Waals surface area contributed by atoms with Crippen molar-refractivity contribution >= 4 is 31.9 Å². The second kappa shape index (κ2) is 3.44. The number of hydrogen-bond donors (Lipinski definition) is 0. The van der Waals surface area contributed by atoms with Crippen LogP contribution in [0.15, 0.2) is 16.7 Å². The number of pyridine rings is 1. The Morgan fingerprint density at radius 1 is 1.60 bits per heavy atom. The molecular formula is C6H4Br2FN. The average Bonchev–Trinajstić information content (AvgIpc) is 1.94. The van der Waals surface area contributed by atoms with E-state index in [1.54, 1.807) is 6.07 Å². The molecular weight excluding hydrogens is 265 g/mol. The molecule has 1 aromatic heterocycles. The fraction of sp³-hybridized carbons (Fsp3) is 0.167. The van der Waals surface area contributed by atoms with Gasteiger partial charge in [-0.2, -0.15) is 4.39 Å². The first-order valence-electron chi connectivity index (χ1n) is 2.60. The first-order chi connectivity index (χ1) is 4.74. The van der Waals surface area contributed by atoms with Gasteiger partial charge in [0, 0.05) is 21.6 Å². The van der Waals surface area contributed by atoms with Gasteiger partial charge in [0.2, 0.25) is 5.95 Å². The van der Waals surface area contributed by atoms with Crippen molar-refractivity contribution < 1.29 is 4.39 Å². The Bertz CT molecular complexity index is 239. The maximum Gasteiger partial charge on any atom is 0.216 e. The summed E-state index contributed by atoms with van der Waals surface area (Å²) in [4.78, 5) is 3.51. The first-order valence-corrected chi connectivity index (χ1v) is 4.51. The van der Waals surface area contributed by atoms with Crippen LogP contribution >= 0.6 is 31.9 Å². The smallest absolute Gasteiger partial charge is 0.216 e. The number of alkyl halides is 1. The zero-order valence-electron chi connectivity index (χ0n) is 4.94. The third kappa shape index (κ3) is 1.76. The minimum atomic E-state index is -0.417. The normalized spacial score (nSPS) is 9.90. The maximum absolute atomic E-state index is 12.6. The summed E-state index contributed by atoms with van der Waals surface area (Å²) in [7, 11) is 0. The van der Waals surface area contributed by atoms with Crippen molar-refractivity contribution in [1.82, 2.24) is 4.98 Å². The van der Waals surface area contributed by atoms with Gasteiger partial charge in [0.05, 0.1) is 0 Å². The molecule has 0 amide bonds. The molecule has 0 saturated carbocycles. The SMILES string of the molecule is Fc1ncc(Br)cc1CBr. The van der Waals surface area contributed by atoms with E-state index in [9.17, 15) is 4.39 Å². The fourth-order valence-electron chi connectivity index (χ4n) is 0.558. The van der Waals surface area contributed by atoms with Gasteiger partial charge in [-0.05, 0) is 22.0 Å². The van der Waals surface area contributed by atoms with E-state index in [2.05, 4.69) is 36.8 Å². The van der Waals surface area contributed by atoms with E-state index < -0.39 is 5.95 Å². The molecule has 0 N–H and O–H groups in total.